The standard InChI is InChI=1S/C28H27F3N4O3/c1-33(18-9-11-23-24(14-18)38-15-37-23)27(36)16-4-2-7-20(12-16)35-22-13-19-8-10-21(34(19)17-5-3-6-17)25(22)26(32-35)28(29,30)31/h2,4,7,9,11-12,14,17,19,21H,3,5-6,8,10,13,15H2,1H3. The van der Waals surface area contributed by atoms with E-state index in [0.717, 1.165) is 32.1 Å². The Morgan fingerprint density at radius 3 is 2.61 bits per heavy atom. The lowest BCUT2D eigenvalue weighted by molar-refractivity contribution is -0.142. The Kier molecular flexibility index (Phi) is 5.27. The van der Waals surface area contributed by atoms with Gasteiger partial charge in [-0.15, -0.1) is 0 Å². The van der Waals surface area contributed by atoms with Crippen LogP contribution in [0.5, 0.6) is 11.5 Å². The van der Waals surface area contributed by atoms with Crippen molar-refractivity contribution in [1.29, 1.82) is 0 Å². The zero-order valence-corrected chi connectivity index (χ0v) is 20.9. The van der Waals surface area contributed by atoms with Crippen LogP contribution in [0.15, 0.2) is 42.5 Å². The summed E-state index contributed by atoms with van der Waals surface area (Å²) in [7, 11) is 1.65. The van der Waals surface area contributed by atoms with Crippen LogP contribution < -0.4 is 14.4 Å². The monoisotopic (exact) mass is 524 g/mol. The van der Waals surface area contributed by atoms with Crippen LogP contribution in [-0.4, -0.2) is 46.5 Å². The van der Waals surface area contributed by atoms with E-state index in [0.29, 0.717) is 52.2 Å². The Hall–Kier alpha value is -3.53. The number of carbonyl (C=O) groups is 1. The number of amides is 1. The predicted molar refractivity (Wildman–Crippen MR) is 133 cm³/mol. The maximum absolute atomic E-state index is 14.3. The average molecular weight is 525 g/mol. The highest BCUT2D eigenvalue weighted by Crippen LogP contribution is 2.51. The highest BCUT2D eigenvalue weighted by atomic mass is 19.4. The minimum Gasteiger partial charge on any atom is -0.454 e. The number of anilines is 1. The van der Waals surface area contributed by atoms with Gasteiger partial charge in [0, 0.05) is 54.5 Å². The van der Waals surface area contributed by atoms with Crippen molar-refractivity contribution in [1.82, 2.24) is 14.7 Å². The summed E-state index contributed by atoms with van der Waals surface area (Å²) in [6.45, 7) is 0.132. The molecule has 198 valence electrons. The minimum atomic E-state index is -4.55. The van der Waals surface area contributed by atoms with Crippen LogP contribution in [0.4, 0.5) is 18.9 Å². The van der Waals surface area contributed by atoms with Crippen LogP contribution in [0.25, 0.3) is 5.69 Å². The highest BCUT2D eigenvalue weighted by Gasteiger charge is 2.51. The molecule has 2 fully saturated rings. The number of hydrogen-bond donors (Lipinski definition) is 0. The van der Waals surface area contributed by atoms with Crippen molar-refractivity contribution >= 4 is 11.6 Å². The molecule has 4 heterocycles. The van der Waals surface area contributed by atoms with E-state index < -0.39 is 11.9 Å². The van der Waals surface area contributed by atoms with Gasteiger partial charge in [-0.05, 0) is 56.0 Å². The van der Waals surface area contributed by atoms with E-state index in [1.807, 2.05) is 0 Å². The lowest BCUT2D eigenvalue weighted by Crippen LogP contribution is -2.48. The lowest BCUT2D eigenvalue weighted by atomic mass is 9.86. The van der Waals surface area contributed by atoms with Gasteiger partial charge in [-0.1, -0.05) is 12.5 Å². The van der Waals surface area contributed by atoms with Gasteiger partial charge in [-0.25, -0.2) is 4.68 Å². The number of nitrogens with zero attached hydrogens (tertiary/aromatic N) is 4. The van der Waals surface area contributed by atoms with Crippen molar-refractivity contribution in [2.45, 2.75) is 62.8 Å². The largest absolute Gasteiger partial charge is 0.454 e. The number of benzene rings is 2. The molecule has 10 heteroatoms. The molecule has 7 rings (SSSR count). The third-order valence-corrected chi connectivity index (χ3v) is 8.49. The molecular formula is C28H27F3N4O3. The molecule has 4 aliphatic rings. The summed E-state index contributed by atoms with van der Waals surface area (Å²) in [5, 5.41) is 4.14. The molecule has 0 radical (unpaired) electrons. The van der Waals surface area contributed by atoms with Crippen LogP contribution in [0.3, 0.4) is 0 Å². The van der Waals surface area contributed by atoms with Gasteiger partial charge < -0.3 is 14.4 Å². The van der Waals surface area contributed by atoms with Crippen molar-refractivity contribution in [2.24, 2.45) is 0 Å². The van der Waals surface area contributed by atoms with E-state index in [1.165, 1.54) is 9.58 Å². The fraction of sp³-hybridized carbons (Fsp3) is 0.429. The first-order valence-corrected chi connectivity index (χ1v) is 13.0. The summed E-state index contributed by atoms with van der Waals surface area (Å²) in [5.41, 5.74) is 1.58. The average Bonchev–Trinajstić information content (AvgIpc) is 3.57. The van der Waals surface area contributed by atoms with Crippen LogP contribution in [0.2, 0.25) is 0 Å². The van der Waals surface area contributed by atoms with Crippen molar-refractivity contribution in [2.75, 3.05) is 18.7 Å². The number of ether oxygens (including phenoxy) is 2. The molecule has 1 saturated heterocycles. The van der Waals surface area contributed by atoms with E-state index in [4.69, 9.17) is 9.47 Å². The molecule has 1 saturated carbocycles. The molecule has 1 aliphatic carbocycles. The van der Waals surface area contributed by atoms with Gasteiger partial charge in [0.25, 0.3) is 5.91 Å². The molecule has 2 atom stereocenters. The molecule has 3 aliphatic heterocycles. The Balaban J connectivity index is 1.25. The number of carbonyl (C=O) groups excluding carboxylic acids is 1. The number of hydrogen-bond acceptors (Lipinski definition) is 5. The highest BCUT2D eigenvalue weighted by molar-refractivity contribution is 6.06. The SMILES string of the molecule is CN(C(=O)c1cccc(-n2nc(C(F)(F)F)c3c2CC2CCC3N2C2CCC2)c1)c1ccc2c(c1)OCO2. The Morgan fingerprint density at radius 1 is 1.03 bits per heavy atom. The summed E-state index contributed by atoms with van der Waals surface area (Å²) in [6, 6.07) is 12.3. The molecule has 2 bridgehead atoms. The first-order valence-electron chi connectivity index (χ1n) is 13.0. The van der Waals surface area contributed by atoms with Crippen LogP contribution in [0.1, 0.15) is 65.5 Å². The first-order chi connectivity index (χ1) is 18.3. The van der Waals surface area contributed by atoms with Crippen molar-refractivity contribution in [3.63, 3.8) is 0 Å². The molecule has 38 heavy (non-hydrogen) atoms. The summed E-state index contributed by atoms with van der Waals surface area (Å²) in [6.07, 6.45) is 0.843. The fourth-order valence-corrected chi connectivity index (χ4v) is 6.47. The number of halogens is 3. The third-order valence-electron chi connectivity index (χ3n) is 8.49. The molecule has 3 aromatic rings. The fourth-order valence-electron chi connectivity index (χ4n) is 6.47. The summed E-state index contributed by atoms with van der Waals surface area (Å²) >= 11 is 0. The molecule has 2 aromatic carbocycles. The maximum Gasteiger partial charge on any atom is 0.435 e. The molecular weight excluding hydrogens is 497 g/mol. The van der Waals surface area contributed by atoms with Gasteiger partial charge in [0.15, 0.2) is 17.2 Å². The van der Waals surface area contributed by atoms with E-state index >= 15 is 0 Å². The van der Waals surface area contributed by atoms with Crippen LogP contribution in [-0.2, 0) is 12.6 Å². The Labute approximate surface area is 217 Å². The number of alkyl halides is 3. The van der Waals surface area contributed by atoms with Gasteiger partial charge in [0.1, 0.15) is 0 Å². The van der Waals surface area contributed by atoms with Crippen molar-refractivity contribution in [3.8, 4) is 17.2 Å². The molecule has 0 N–H and O–H groups in total. The normalized spacial score (nSPS) is 22.3. The first kappa shape index (κ1) is 23.6. The van der Waals surface area contributed by atoms with Crippen LogP contribution in [0, 0.1) is 0 Å². The second kappa shape index (κ2) is 8.49. The molecule has 2 unspecified atom stereocenters. The summed E-state index contributed by atoms with van der Waals surface area (Å²) < 4.78 is 55.0. The smallest absolute Gasteiger partial charge is 0.435 e. The second-order valence-electron chi connectivity index (χ2n) is 10.6. The van der Waals surface area contributed by atoms with Gasteiger partial charge in [0.05, 0.1) is 11.4 Å². The summed E-state index contributed by atoms with van der Waals surface area (Å²) in [5.74, 6) is 0.883. The molecule has 7 nitrogen and oxygen atoms in total. The Morgan fingerprint density at radius 2 is 1.84 bits per heavy atom. The van der Waals surface area contributed by atoms with Gasteiger partial charge >= 0.3 is 6.18 Å². The summed E-state index contributed by atoms with van der Waals surface area (Å²) in [4.78, 5) is 17.2. The molecule has 0 spiro atoms. The number of fused-ring (bicyclic) bond motifs is 5. The van der Waals surface area contributed by atoms with Crippen molar-refractivity contribution < 1.29 is 27.4 Å². The number of aromatic nitrogens is 2. The minimum absolute atomic E-state index is 0.132. The van der Waals surface area contributed by atoms with E-state index in [9.17, 15) is 18.0 Å². The van der Waals surface area contributed by atoms with Crippen molar-refractivity contribution in [3.05, 3.63) is 65.0 Å². The zero-order chi connectivity index (χ0) is 26.2. The second-order valence-corrected chi connectivity index (χ2v) is 10.6. The van der Waals surface area contributed by atoms with E-state index in [1.54, 1.807) is 49.5 Å². The zero-order valence-electron chi connectivity index (χ0n) is 20.9. The Bertz CT molecular complexity index is 1430. The topological polar surface area (TPSA) is 59.8 Å². The molecule has 1 aromatic heterocycles. The molecule has 1 amide bonds. The number of rotatable bonds is 4. The van der Waals surface area contributed by atoms with Gasteiger partial charge in [-0.3, -0.25) is 9.69 Å². The quantitative estimate of drug-likeness (QED) is 0.451. The van der Waals surface area contributed by atoms with Gasteiger partial charge in [-0.2, -0.15) is 18.3 Å². The van der Waals surface area contributed by atoms with Gasteiger partial charge in [0.2, 0.25) is 6.79 Å². The van der Waals surface area contributed by atoms with E-state index in [-0.39, 0.29) is 24.8 Å². The van der Waals surface area contributed by atoms with Crippen LogP contribution >= 0.6 is 0 Å². The van der Waals surface area contributed by atoms with E-state index in [2.05, 4.69) is 10.00 Å². The maximum atomic E-state index is 14.3. The third kappa shape index (κ3) is 3.60. The predicted octanol–water partition coefficient (Wildman–Crippen LogP) is 5.51. The lowest BCUT2D eigenvalue weighted by Gasteiger charge is -2.45.